The summed E-state index contributed by atoms with van der Waals surface area (Å²) in [5.74, 6) is 5.68. The van der Waals surface area contributed by atoms with Gasteiger partial charge in [-0.25, -0.2) is 0 Å². The molecule has 0 aromatic heterocycles. The second kappa shape index (κ2) is 7.22. The lowest BCUT2D eigenvalue weighted by Crippen LogP contribution is -2.60. The van der Waals surface area contributed by atoms with Gasteiger partial charge in [0.1, 0.15) is 0 Å². The van der Waals surface area contributed by atoms with Gasteiger partial charge in [-0.3, -0.25) is 0 Å². The first kappa shape index (κ1) is 20.8. The van der Waals surface area contributed by atoms with Crippen LogP contribution in [0.15, 0.2) is 0 Å². The number of hydrogen-bond donors (Lipinski definition) is 1. The van der Waals surface area contributed by atoms with Gasteiger partial charge in [-0.1, -0.05) is 34.6 Å². The van der Waals surface area contributed by atoms with Gasteiger partial charge in [0.05, 0.1) is 18.3 Å². The van der Waals surface area contributed by atoms with Gasteiger partial charge in [0.15, 0.2) is 0 Å². The molecule has 0 radical (unpaired) electrons. The van der Waals surface area contributed by atoms with Crippen LogP contribution < -0.4 is 0 Å². The molecule has 11 atom stereocenters. The standard InChI is InChI=1S/C27H46O2/c1-16(2)12-20-13-17(3)22-8-9-23-21-7-6-18-14-19(28)15-25(29-20)27(18,5)24(21)10-11-26(22,23)4/h16-25,28H,6-15H2,1-5H3/t17-,18?,19?,20?,21+,22-,23+,24+,25?,26-,27+/m1/s1. The monoisotopic (exact) mass is 402 g/mol. The molecule has 4 saturated carbocycles. The quantitative estimate of drug-likeness (QED) is 0.574. The van der Waals surface area contributed by atoms with E-state index in [1.165, 1.54) is 51.4 Å². The van der Waals surface area contributed by atoms with Crippen LogP contribution in [0.1, 0.15) is 98.8 Å². The summed E-state index contributed by atoms with van der Waals surface area (Å²) < 4.78 is 7.12. The third-order valence-corrected chi connectivity index (χ3v) is 11.2. The molecule has 2 heterocycles. The third-order valence-electron chi connectivity index (χ3n) is 11.2. The highest BCUT2D eigenvalue weighted by Gasteiger charge is 2.63. The Labute approximate surface area is 179 Å². The van der Waals surface area contributed by atoms with Crippen LogP contribution >= 0.6 is 0 Å². The Hall–Kier alpha value is -0.0800. The van der Waals surface area contributed by atoms with Crippen molar-refractivity contribution >= 4 is 0 Å². The zero-order chi connectivity index (χ0) is 20.6. The van der Waals surface area contributed by atoms with Crippen LogP contribution in [-0.2, 0) is 4.74 Å². The van der Waals surface area contributed by atoms with E-state index < -0.39 is 0 Å². The molecule has 166 valence electrons. The number of fused-ring (bicyclic) bond motifs is 4. The Kier molecular flexibility index (Phi) is 5.18. The van der Waals surface area contributed by atoms with Gasteiger partial charge in [-0.15, -0.1) is 0 Å². The largest absolute Gasteiger partial charge is 0.393 e. The van der Waals surface area contributed by atoms with Crippen molar-refractivity contribution in [3.8, 4) is 0 Å². The van der Waals surface area contributed by atoms with Gasteiger partial charge in [-0.05, 0) is 110 Å². The Morgan fingerprint density at radius 1 is 0.931 bits per heavy atom. The molecule has 0 aromatic carbocycles. The molecule has 0 spiro atoms. The minimum atomic E-state index is -0.151. The maximum Gasteiger partial charge on any atom is 0.0662 e. The Bertz CT molecular complexity index is 616. The van der Waals surface area contributed by atoms with Gasteiger partial charge < -0.3 is 9.84 Å². The van der Waals surface area contributed by atoms with E-state index in [4.69, 9.17) is 4.74 Å². The molecule has 6 aliphatic rings. The molecular formula is C27H46O2. The van der Waals surface area contributed by atoms with Gasteiger partial charge >= 0.3 is 0 Å². The maximum atomic E-state index is 10.8. The van der Waals surface area contributed by atoms with Crippen molar-refractivity contribution in [2.75, 3.05) is 0 Å². The van der Waals surface area contributed by atoms with Crippen molar-refractivity contribution in [3.05, 3.63) is 0 Å². The summed E-state index contributed by atoms with van der Waals surface area (Å²) in [6.45, 7) is 12.5. The molecule has 6 rings (SSSR count). The number of aliphatic hydroxyl groups excluding tert-OH is 1. The molecule has 2 nitrogen and oxygen atoms in total. The minimum Gasteiger partial charge on any atom is -0.393 e. The van der Waals surface area contributed by atoms with Gasteiger partial charge in [0.25, 0.3) is 0 Å². The summed E-state index contributed by atoms with van der Waals surface area (Å²) in [4.78, 5) is 0. The first-order chi connectivity index (χ1) is 13.7. The molecule has 0 aromatic rings. The zero-order valence-corrected chi connectivity index (χ0v) is 19.7. The minimum absolute atomic E-state index is 0.151. The smallest absolute Gasteiger partial charge is 0.0662 e. The van der Waals surface area contributed by atoms with Gasteiger partial charge in [0.2, 0.25) is 0 Å². The van der Waals surface area contributed by atoms with E-state index in [0.717, 1.165) is 42.4 Å². The lowest BCUT2D eigenvalue weighted by Gasteiger charge is -2.63. The third kappa shape index (κ3) is 3.09. The molecule has 2 saturated heterocycles. The van der Waals surface area contributed by atoms with E-state index in [2.05, 4.69) is 34.6 Å². The lowest BCUT2D eigenvalue weighted by molar-refractivity contribution is -0.208. The highest BCUT2D eigenvalue weighted by Crippen LogP contribution is 2.69. The molecular weight excluding hydrogens is 356 g/mol. The van der Waals surface area contributed by atoms with E-state index in [1.54, 1.807) is 0 Å². The zero-order valence-electron chi connectivity index (χ0n) is 19.7. The summed E-state index contributed by atoms with van der Waals surface area (Å²) in [5, 5.41) is 10.8. The van der Waals surface area contributed by atoms with Crippen LogP contribution in [0.3, 0.4) is 0 Å². The molecule has 4 unspecified atom stereocenters. The van der Waals surface area contributed by atoms with Crippen molar-refractivity contribution in [1.29, 1.82) is 0 Å². The fourth-order valence-corrected chi connectivity index (χ4v) is 9.99. The molecule has 1 N–H and O–H groups in total. The molecule has 6 bridgehead atoms. The highest BCUT2D eigenvalue weighted by atomic mass is 16.5. The van der Waals surface area contributed by atoms with Crippen LogP contribution in [0.5, 0.6) is 0 Å². The van der Waals surface area contributed by atoms with E-state index in [0.29, 0.717) is 23.4 Å². The van der Waals surface area contributed by atoms with E-state index >= 15 is 0 Å². The van der Waals surface area contributed by atoms with Crippen molar-refractivity contribution in [2.24, 2.45) is 52.3 Å². The number of aliphatic hydroxyl groups is 1. The number of hydrogen-bond acceptors (Lipinski definition) is 2. The molecule has 29 heavy (non-hydrogen) atoms. The second-order valence-corrected chi connectivity index (χ2v) is 13.0. The first-order valence-electron chi connectivity index (χ1n) is 13.1. The molecule has 0 amide bonds. The Morgan fingerprint density at radius 3 is 2.45 bits per heavy atom. The molecule has 4 aliphatic carbocycles. The van der Waals surface area contributed by atoms with E-state index in [1.807, 2.05) is 0 Å². The van der Waals surface area contributed by atoms with Crippen molar-refractivity contribution in [2.45, 2.75) is 117 Å². The van der Waals surface area contributed by atoms with E-state index in [-0.39, 0.29) is 17.6 Å². The van der Waals surface area contributed by atoms with Crippen LogP contribution in [0, 0.1) is 52.3 Å². The summed E-state index contributed by atoms with van der Waals surface area (Å²) in [7, 11) is 0. The predicted molar refractivity (Wildman–Crippen MR) is 119 cm³/mol. The lowest BCUT2D eigenvalue weighted by atomic mass is 9.44. The van der Waals surface area contributed by atoms with Crippen molar-refractivity contribution in [1.82, 2.24) is 0 Å². The van der Waals surface area contributed by atoms with Crippen LogP contribution in [-0.4, -0.2) is 23.4 Å². The van der Waals surface area contributed by atoms with Crippen LogP contribution in [0.25, 0.3) is 0 Å². The van der Waals surface area contributed by atoms with Gasteiger partial charge in [0, 0.05) is 6.42 Å². The normalized spacial score (nSPS) is 57.0. The Balaban J connectivity index is 1.58. The molecule has 2 heteroatoms. The Morgan fingerprint density at radius 2 is 1.69 bits per heavy atom. The summed E-state index contributed by atoms with van der Waals surface area (Å²) in [6, 6.07) is 0. The molecule has 6 fully saturated rings. The predicted octanol–water partition coefficient (Wildman–Crippen LogP) is 6.46. The van der Waals surface area contributed by atoms with Crippen LogP contribution in [0.2, 0.25) is 0 Å². The fourth-order valence-electron chi connectivity index (χ4n) is 9.99. The summed E-state index contributed by atoms with van der Waals surface area (Å²) in [5.41, 5.74) is 0.852. The first-order valence-corrected chi connectivity index (χ1v) is 13.1. The van der Waals surface area contributed by atoms with Crippen LogP contribution in [0.4, 0.5) is 0 Å². The van der Waals surface area contributed by atoms with E-state index in [9.17, 15) is 5.11 Å². The SMILES string of the molecule is CC(C)CC1C[C@@H](C)[C@H]2CC[C@H]3[C@@H]4CCC5CC(O)CC(O1)[C@]5(C)[C@H]4CC[C@]23C. The van der Waals surface area contributed by atoms with Gasteiger partial charge in [-0.2, -0.15) is 0 Å². The maximum absolute atomic E-state index is 10.8. The van der Waals surface area contributed by atoms with Crippen molar-refractivity contribution < 1.29 is 9.84 Å². The second-order valence-electron chi connectivity index (χ2n) is 13.0. The highest BCUT2D eigenvalue weighted by molar-refractivity contribution is 5.12. The number of ether oxygens (including phenoxy) is 1. The fraction of sp³-hybridized carbons (Fsp3) is 1.00. The summed E-state index contributed by atoms with van der Waals surface area (Å²) >= 11 is 0. The molecule has 2 aliphatic heterocycles. The summed E-state index contributed by atoms with van der Waals surface area (Å²) in [6.07, 6.45) is 13.3. The number of rotatable bonds is 2. The average Bonchev–Trinajstić information content (AvgIpc) is 2.98. The topological polar surface area (TPSA) is 29.5 Å². The van der Waals surface area contributed by atoms with Crippen molar-refractivity contribution in [3.63, 3.8) is 0 Å². The average molecular weight is 403 g/mol.